The van der Waals surface area contributed by atoms with Gasteiger partial charge in [-0.3, -0.25) is 9.89 Å². The third-order valence-corrected chi connectivity index (χ3v) is 8.27. The van der Waals surface area contributed by atoms with Crippen molar-refractivity contribution in [1.29, 1.82) is 0 Å². The lowest BCUT2D eigenvalue weighted by molar-refractivity contribution is -0.138. The van der Waals surface area contributed by atoms with Crippen LogP contribution in [0, 0.1) is 0 Å². The highest BCUT2D eigenvalue weighted by Crippen LogP contribution is 2.30. The van der Waals surface area contributed by atoms with Crippen LogP contribution in [0.4, 0.5) is 47.3 Å². The van der Waals surface area contributed by atoms with E-state index < -0.39 is 29.5 Å². The van der Waals surface area contributed by atoms with Gasteiger partial charge in [0.05, 0.1) is 44.9 Å². The number of hydrogen-bond donors (Lipinski definition) is 1. The standard InChI is InChI=1S/C15H14ClF3N4O.C11H12Cl2N2O.C4H3F3N2/c16-12-3-1-2-4-13(12)21-5-7-22(8-6-21)14(24)23-10-11(9-20-23)15(17,18)19;12-9-3-1-2-4-10(9)14-5-7-15(8-6-14)11(13)16;5-4(6,7)3-1-8-9-2-3/h1-4,9-10H,5-8H2;1-4H,5-8H2;1-2H,(H,8,9). The largest absolute Gasteiger partial charge is 0.419 e. The van der Waals surface area contributed by atoms with Crippen LogP contribution in [0.15, 0.2) is 73.3 Å². The number of H-pyrrole nitrogens is 1. The second-order valence-electron chi connectivity index (χ2n) is 10.5. The molecule has 2 amide bonds. The lowest BCUT2D eigenvalue weighted by Crippen LogP contribution is -2.50. The molecule has 6 rings (SSSR count). The van der Waals surface area contributed by atoms with Crippen LogP contribution in [0.25, 0.3) is 0 Å². The number of benzene rings is 2. The highest BCUT2D eigenvalue weighted by Gasteiger charge is 2.34. The number of halogens is 9. The first-order chi connectivity index (χ1) is 23.1. The van der Waals surface area contributed by atoms with E-state index in [2.05, 4.69) is 20.2 Å². The molecule has 2 aromatic heterocycles. The first-order valence-electron chi connectivity index (χ1n) is 14.6. The normalized spacial score (nSPS) is 15.2. The summed E-state index contributed by atoms with van der Waals surface area (Å²) >= 11 is 17.7. The van der Waals surface area contributed by atoms with Gasteiger partial charge < -0.3 is 19.6 Å². The molecule has 0 unspecified atom stereocenters. The van der Waals surface area contributed by atoms with E-state index in [1.165, 1.54) is 4.90 Å². The zero-order chi connectivity index (χ0) is 35.8. The van der Waals surface area contributed by atoms with Crippen molar-refractivity contribution in [1.82, 2.24) is 29.8 Å². The van der Waals surface area contributed by atoms with Crippen molar-refractivity contribution in [2.45, 2.75) is 12.4 Å². The molecular weight excluding hydrogens is 725 g/mol. The fourth-order valence-corrected chi connectivity index (χ4v) is 5.48. The second-order valence-corrected chi connectivity index (χ2v) is 11.7. The van der Waals surface area contributed by atoms with Crippen LogP contribution >= 0.6 is 34.8 Å². The molecule has 264 valence electrons. The van der Waals surface area contributed by atoms with Gasteiger partial charge in [0, 0.05) is 64.8 Å². The Morgan fingerprint density at radius 1 is 0.673 bits per heavy atom. The summed E-state index contributed by atoms with van der Waals surface area (Å²) in [6.07, 6.45) is -5.88. The number of piperazine rings is 2. The summed E-state index contributed by atoms with van der Waals surface area (Å²) in [5.74, 6) is 0. The van der Waals surface area contributed by atoms with Crippen molar-refractivity contribution in [3.05, 3.63) is 94.5 Å². The Morgan fingerprint density at radius 2 is 1.14 bits per heavy atom. The topological polar surface area (TPSA) is 93.6 Å². The molecule has 19 heteroatoms. The van der Waals surface area contributed by atoms with Crippen molar-refractivity contribution < 1.29 is 35.9 Å². The molecule has 4 heterocycles. The maximum atomic E-state index is 12.6. The Kier molecular flexibility index (Phi) is 12.7. The molecule has 2 aliphatic heterocycles. The Hall–Kier alpha value is -4.15. The number of nitrogens with one attached hydrogen (secondary N) is 1. The summed E-state index contributed by atoms with van der Waals surface area (Å²) in [7, 11) is 0. The van der Waals surface area contributed by atoms with Gasteiger partial charge in [-0.2, -0.15) is 41.2 Å². The Labute approximate surface area is 291 Å². The molecule has 0 spiro atoms. The number of rotatable bonds is 2. The first kappa shape index (κ1) is 37.7. The van der Waals surface area contributed by atoms with E-state index in [4.69, 9.17) is 34.8 Å². The monoisotopic (exact) mass is 752 g/mol. The van der Waals surface area contributed by atoms with E-state index in [1.807, 2.05) is 47.4 Å². The fraction of sp³-hybridized carbons (Fsp3) is 0.333. The average molecular weight is 754 g/mol. The van der Waals surface area contributed by atoms with Crippen LogP contribution < -0.4 is 9.80 Å². The van der Waals surface area contributed by atoms with Crippen LogP contribution in [-0.4, -0.2) is 93.5 Å². The molecule has 2 fully saturated rings. The Balaban J connectivity index is 0.000000185. The van der Waals surface area contributed by atoms with Gasteiger partial charge in [-0.1, -0.05) is 47.5 Å². The summed E-state index contributed by atoms with van der Waals surface area (Å²) in [5.41, 5.74) is 0.212. The van der Waals surface area contributed by atoms with Crippen molar-refractivity contribution in [2.75, 3.05) is 62.2 Å². The molecule has 2 aromatic carbocycles. The van der Waals surface area contributed by atoms with Gasteiger partial charge in [0.2, 0.25) is 0 Å². The SMILES string of the molecule is FC(F)(F)c1cn[nH]c1.O=C(Cl)N1CCN(c2ccccc2Cl)CC1.O=C(N1CCN(c2ccccc2Cl)CC1)n1cc(C(F)(F)F)cn1. The minimum Gasteiger partial charge on any atom is -0.367 e. The van der Waals surface area contributed by atoms with Crippen LogP contribution in [0.5, 0.6) is 0 Å². The van der Waals surface area contributed by atoms with Crippen LogP contribution in [0.1, 0.15) is 11.1 Å². The summed E-state index contributed by atoms with van der Waals surface area (Å²) in [6.45, 7) is 4.67. The van der Waals surface area contributed by atoms with Gasteiger partial charge in [0.1, 0.15) is 0 Å². The molecule has 2 saturated heterocycles. The molecule has 2 aliphatic rings. The molecule has 0 saturated carbocycles. The molecule has 4 aromatic rings. The van der Waals surface area contributed by atoms with Gasteiger partial charge in [-0.05, 0) is 35.9 Å². The predicted molar refractivity (Wildman–Crippen MR) is 173 cm³/mol. The maximum Gasteiger partial charge on any atom is 0.419 e. The van der Waals surface area contributed by atoms with Crippen molar-refractivity contribution in [3.63, 3.8) is 0 Å². The number of aromatic amines is 1. The number of nitrogens with zero attached hydrogens (tertiary/aromatic N) is 7. The van der Waals surface area contributed by atoms with Crippen molar-refractivity contribution >= 4 is 57.6 Å². The number of carbonyl (C=O) groups excluding carboxylic acids is 2. The molecule has 10 nitrogen and oxygen atoms in total. The number of amides is 2. The summed E-state index contributed by atoms with van der Waals surface area (Å²) in [6, 6.07) is 14.5. The molecule has 0 atom stereocenters. The smallest absolute Gasteiger partial charge is 0.367 e. The van der Waals surface area contributed by atoms with E-state index >= 15 is 0 Å². The van der Waals surface area contributed by atoms with Crippen LogP contribution in [0.3, 0.4) is 0 Å². The van der Waals surface area contributed by atoms with Gasteiger partial charge in [-0.25, -0.2) is 4.79 Å². The Morgan fingerprint density at radius 3 is 1.51 bits per heavy atom. The van der Waals surface area contributed by atoms with E-state index in [0.717, 1.165) is 46.6 Å². The van der Waals surface area contributed by atoms with Crippen molar-refractivity contribution in [3.8, 4) is 0 Å². The minimum atomic E-state index is -4.51. The van der Waals surface area contributed by atoms with Crippen LogP contribution in [0.2, 0.25) is 10.0 Å². The lowest BCUT2D eigenvalue weighted by atomic mass is 10.2. The van der Waals surface area contributed by atoms with E-state index in [9.17, 15) is 35.9 Å². The highest BCUT2D eigenvalue weighted by atomic mass is 35.5. The fourth-order valence-electron chi connectivity index (χ4n) is 4.80. The molecule has 0 bridgehead atoms. The van der Waals surface area contributed by atoms with Gasteiger partial charge in [0.15, 0.2) is 0 Å². The van der Waals surface area contributed by atoms with Gasteiger partial charge in [-0.15, -0.1) is 0 Å². The second kappa shape index (κ2) is 16.5. The Bertz CT molecular complexity index is 1670. The zero-order valence-electron chi connectivity index (χ0n) is 25.4. The number of alkyl halides is 6. The third kappa shape index (κ3) is 10.4. The quantitative estimate of drug-likeness (QED) is 0.129. The number of anilines is 2. The average Bonchev–Trinajstić information content (AvgIpc) is 3.80. The number of aromatic nitrogens is 4. The zero-order valence-corrected chi connectivity index (χ0v) is 27.7. The van der Waals surface area contributed by atoms with Crippen LogP contribution in [-0.2, 0) is 12.4 Å². The molecule has 49 heavy (non-hydrogen) atoms. The molecular formula is C30H29Cl3F6N8O2. The number of para-hydroxylation sites is 2. The van der Waals surface area contributed by atoms with E-state index in [0.29, 0.717) is 56.7 Å². The van der Waals surface area contributed by atoms with Crippen molar-refractivity contribution in [2.24, 2.45) is 0 Å². The van der Waals surface area contributed by atoms with E-state index in [-0.39, 0.29) is 5.37 Å². The lowest BCUT2D eigenvalue weighted by Gasteiger charge is -2.36. The molecule has 0 radical (unpaired) electrons. The summed E-state index contributed by atoms with van der Waals surface area (Å²) in [4.78, 5) is 30.5. The van der Waals surface area contributed by atoms with Gasteiger partial charge >= 0.3 is 23.8 Å². The summed E-state index contributed by atoms with van der Waals surface area (Å²) in [5, 5.41) is 9.72. The summed E-state index contributed by atoms with van der Waals surface area (Å²) < 4.78 is 73.2. The molecule has 0 aliphatic carbocycles. The third-order valence-electron chi connectivity index (χ3n) is 7.40. The maximum absolute atomic E-state index is 12.6. The minimum absolute atomic E-state index is 0.376. The highest BCUT2D eigenvalue weighted by molar-refractivity contribution is 6.62. The first-order valence-corrected chi connectivity index (χ1v) is 15.7. The number of hydrogen-bond acceptors (Lipinski definition) is 6. The predicted octanol–water partition coefficient (Wildman–Crippen LogP) is 7.59. The number of carbonyl (C=O) groups is 2. The molecule has 1 N–H and O–H groups in total. The van der Waals surface area contributed by atoms with Gasteiger partial charge in [0.25, 0.3) is 0 Å². The van der Waals surface area contributed by atoms with E-state index in [1.54, 1.807) is 11.0 Å².